The Labute approximate surface area is 213 Å². The van der Waals surface area contributed by atoms with Gasteiger partial charge in [-0.1, -0.05) is 32.4 Å². The highest BCUT2D eigenvalue weighted by atomic mass is 16.4. The first-order chi connectivity index (χ1) is 17.5. The number of carbonyl (C=O) groups excluding carboxylic acids is 3. The molecule has 37 heavy (non-hydrogen) atoms. The maximum absolute atomic E-state index is 13.1. The summed E-state index contributed by atoms with van der Waals surface area (Å²) < 4.78 is 0. The highest BCUT2D eigenvalue weighted by Crippen LogP contribution is 2.12. The Balaban J connectivity index is 2.11. The molecule has 5 atom stereocenters. The van der Waals surface area contributed by atoms with Crippen LogP contribution >= 0.6 is 0 Å². The van der Waals surface area contributed by atoms with Gasteiger partial charge in [0, 0.05) is 24.7 Å². The van der Waals surface area contributed by atoms with Crippen LogP contribution in [0.5, 0.6) is 5.75 Å². The van der Waals surface area contributed by atoms with E-state index in [1.807, 2.05) is 6.92 Å². The molecule has 0 aliphatic carbocycles. The summed E-state index contributed by atoms with van der Waals surface area (Å²) in [5.74, 6) is -3.73. The highest BCUT2D eigenvalue weighted by molar-refractivity contribution is 5.94. The van der Waals surface area contributed by atoms with E-state index in [-0.39, 0.29) is 24.5 Å². The molecule has 202 valence electrons. The average molecular weight is 519 g/mol. The number of rotatable bonds is 14. The minimum Gasteiger partial charge on any atom is -0.508 e. The number of aliphatic carboxylic acids is 1. The van der Waals surface area contributed by atoms with Crippen molar-refractivity contribution in [3.05, 3.63) is 48.0 Å². The van der Waals surface area contributed by atoms with E-state index in [0.717, 1.165) is 0 Å². The number of H-pyrrole nitrogens is 1. The molecule has 0 saturated heterocycles. The first-order valence-electron chi connectivity index (χ1n) is 11.8. The fourth-order valence-electron chi connectivity index (χ4n) is 3.41. The number of aliphatic hydroxyl groups is 1. The Morgan fingerprint density at radius 1 is 0.973 bits per heavy atom. The molecular formula is C24H34N6O7. The van der Waals surface area contributed by atoms with Gasteiger partial charge in [0.25, 0.3) is 0 Å². The van der Waals surface area contributed by atoms with Gasteiger partial charge < -0.3 is 42.0 Å². The number of phenols is 1. The lowest BCUT2D eigenvalue weighted by Crippen LogP contribution is -2.59. The average Bonchev–Trinajstić information content (AvgIpc) is 3.39. The molecule has 1 heterocycles. The van der Waals surface area contributed by atoms with E-state index in [4.69, 9.17) is 5.73 Å². The Hall–Kier alpha value is -3.97. The first-order valence-corrected chi connectivity index (χ1v) is 11.8. The number of carboxylic acids is 1. The number of phenolic OH excluding ortho intramolecular Hbond substituents is 1. The van der Waals surface area contributed by atoms with Crippen LogP contribution in [0.2, 0.25) is 0 Å². The van der Waals surface area contributed by atoms with E-state index in [0.29, 0.717) is 17.7 Å². The number of imidazole rings is 1. The van der Waals surface area contributed by atoms with Crippen molar-refractivity contribution in [1.29, 1.82) is 0 Å². The number of aromatic amines is 1. The van der Waals surface area contributed by atoms with E-state index in [9.17, 15) is 34.5 Å². The maximum Gasteiger partial charge on any atom is 0.326 e. The maximum atomic E-state index is 13.1. The molecule has 0 aliphatic rings. The van der Waals surface area contributed by atoms with Crippen LogP contribution in [0.1, 0.15) is 31.5 Å². The van der Waals surface area contributed by atoms with Crippen molar-refractivity contribution in [2.75, 3.05) is 6.61 Å². The van der Waals surface area contributed by atoms with Gasteiger partial charge in [-0.2, -0.15) is 0 Å². The number of carboxylic acid groups (broad SMARTS) is 1. The van der Waals surface area contributed by atoms with Crippen molar-refractivity contribution in [2.45, 2.75) is 57.3 Å². The van der Waals surface area contributed by atoms with Crippen molar-refractivity contribution in [3.8, 4) is 5.75 Å². The number of nitrogens with two attached hydrogens (primary N) is 1. The van der Waals surface area contributed by atoms with Gasteiger partial charge in [0.05, 0.1) is 19.0 Å². The van der Waals surface area contributed by atoms with Gasteiger partial charge in [-0.25, -0.2) is 9.78 Å². The molecule has 0 fully saturated rings. The molecule has 1 aromatic carbocycles. The summed E-state index contributed by atoms with van der Waals surface area (Å²) in [6.07, 6.45) is 3.43. The Kier molecular flexibility index (Phi) is 11.0. The second-order valence-electron chi connectivity index (χ2n) is 8.77. The van der Waals surface area contributed by atoms with Gasteiger partial charge in [0.1, 0.15) is 23.9 Å². The summed E-state index contributed by atoms with van der Waals surface area (Å²) in [5, 5.41) is 35.9. The summed E-state index contributed by atoms with van der Waals surface area (Å²) in [7, 11) is 0. The first kappa shape index (κ1) is 29.3. The summed E-state index contributed by atoms with van der Waals surface area (Å²) in [4.78, 5) is 56.9. The van der Waals surface area contributed by atoms with Crippen molar-refractivity contribution in [2.24, 2.45) is 11.7 Å². The molecule has 13 nitrogen and oxygen atoms in total. The van der Waals surface area contributed by atoms with E-state index in [1.165, 1.54) is 36.8 Å². The minimum atomic E-state index is -1.49. The third kappa shape index (κ3) is 8.88. The second kappa shape index (κ2) is 13.9. The van der Waals surface area contributed by atoms with Crippen molar-refractivity contribution in [1.82, 2.24) is 25.9 Å². The third-order valence-corrected chi connectivity index (χ3v) is 5.98. The number of aromatic hydroxyl groups is 1. The number of nitrogens with one attached hydrogen (secondary N) is 4. The number of amides is 3. The molecular weight excluding hydrogens is 484 g/mol. The second-order valence-corrected chi connectivity index (χ2v) is 8.77. The van der Waals surface area contributed by atoms with Crippen molar-refractivity contribution in [3.63, 3.8) is 0 Å². The van der Waals surface area contributed by atoms with Crippen LogP contribution in [-0.4, -0.2) is 79.8 Å². The van der Waals surface area contributed by atoms with Crippen LogP contribution < -0.4 is 21.7 Å². The number of aliphatic hydroxyl groups excluding tert-OH is 1. The monoisotopic (exact) mass is 518 g/mol. The topological polar surface area (TPSA) is 220 Å². The SMILES string of the molecule is CCC(C)C(N)C(=O)NC(Cc1cnc[nH]1)C(=O)NC(CO)C(=O)NC(Cc1ccc(O)cc1)C(=O)O. The smallest absolute Gasteiger partial charge is 0.326 e. The van der Waals surface area contributed by atoms with Gasteiger partial charge in [-0.3, -0.25) is 14.4 Å². The number of nitrogens with zero attached hydrogens (tertiary/aromatic N) is 1. The molecule has 0 aliphatic heterocycles. The zero-order valence-electron chi connectivity index (χ0n) is 20.7. The van der Waals surface area contributed by atoms with Crippen molar-refractivity contribution < 1.29 is 34.5 Å². The Morgan fingerprint density at radius 3 is 2.11 bits per heavy atom. The summed E-state index contributed by atoms with van der Waals surface area (Å²) in [6, 6.07) is 0.913. The number of carbonyl (C=O) groups is 4. The summed E-state index contributed by atoms with van der Waals surface area (Å²) >= 11 is 0. The van der Waals surface area contributed by atoms with E-state index in [2.05, 4.69) is 25.9 Å². The van der Waals surface area contributed by atoms with Gasteiger partial charge in [-0.05, 0) is 23.6 Å². The molecule has 1 aromatic heterocycles. The third-order valence-electron chi connectivity index (χ3n) is 5.98. The Morgan fingerprint density at radius 2 is 1.57 bits per heavy atom. The fraction of sp³-hybridized carbons (Fsp3) is 0.458. The lowest BCUT2D eigenvalue weighted by atomic mass is 9.98. The lowest BCUT2D eigenvalue weighted by Gasteiger charge is -2.25. The summed E-state index contributed by atoms with van der Waals surface area (Å²) in [6.45, 7) is 2.86. The van der Waals surface area contributed by atoms with Crippen LogP contribution in [0.4, 0.5) is 0 Å². The predicted molar refractivity (Wildman–Crippen MR) is 132 cm³/mol. The minimum absolute atomic E-state index is 0.00315. The van der Waals surface area contributed by atoms with E-state index >= 15 is 0 Å². The molecule has 0 spiro atoms. The Bertz CT molecular complexity index is 1040. The zero-order chi connectivity index (χ0) is 27.5. The number of hydrogen-bond donors (Lipinski definition) is 8. The highest BCUT2D eigenvalue weighted by Gasteiger charge is 2.31. The van der Waals surface area contributed by atoms with E-state index in [1.54, 1.807) is 6.92 Å². The van der Waals surface area contributed by atoms with Crippen LogP contribution in [-0.2, 0) is 32.0 Å². The van der Waals surface area contributed by atoms with Gasteiger partial charge in [0.2, 0.25) is 17.7 Å². The molecule has 2 aromatic rings. The predicted octanol–water partition coefficient (Wildman–Crippen LogP) is -1.19. The van der Waals surface area contributed by atoms with Crippen LogP contribution in [0.15, 0.2) is 36.8 Å². The number of hydrogen-bond acceptors (Lipinski definition) is 8. The molecule has 3 amide bonds. The molecule has 0 bridgehead atoms. The van der Waals surface area contributed by atoms with Crippen molar-refractivity contribution >= 4 is 23.7 Å². The van der Waals surface area contributed by atoms with Gasteiger partial charge >= 0.3 is 5.97 Å². The molecule has 5 unspecified atom stereocenters. The summed E-state index contributed by atoms with van der Waals surface area (Å²) in [5.41, 5.74) is 7.05. The standard InChI is InChI=1S/C24H34N6O7/c1-3-13(2)20(25)23(35)28-17(9-15-10-26-12-27-15)21(33)30-19(11-31)22(34)29-18(24(36)37)8-14-4-6-16(32)7-5-14/h4-7,10,12-13,17-20,31-32H,3,8-9,11,25H2,1-2H3,(H,26,27)(H,28,35)(H,29,34)(H,30,33)(H,36,37). The number of benzene rings is 1. The molecule has 9 N–H and O–H groups in total. The molecule has 0 radical (unpaired) electrons. The normalized spacial score (nSPS) is 15.0. The van der Waals surface area contributed by atoms with Crippen LogP contribution in [0.25, 0.3) is 0 Å². The zero-order valence-corrected chi connectivity index (χ0v) is 20.7. The molecule has 2 rings (SSSR count). The number of aromatic nitrogens is 2. The fourth-order valence-corrected chi connectivity index (χ4v) is 3.41. The molecule has 13 heteroatoms. The largest absolute Gasteiger partial charge is 0.508 e. The van der Waals surface area contributed by atoms with Gasteiger partial charge in [0.15, 0.2) is 0 Å². The molecule has 0 saturated carbocycles. The lowest BCUT2D eigenvalue weighted by molar-refractivity contribution is -0.142. The quantitative estimate of drug-likeness (QED) is 0.150. The van der Waals surface area contributed by atoms with E-state index < -0.39 is 54.5 Å². The van der Waals surface area contributed by atoms with Crippen LogP contribution in [0, 0.1) is 5.92 Å². The van der Waals surface area contributed by atoms with Gasteiger partial charge in [-0.15, -0.1) is 0 Å². The van der Waals surface area contributed by atoms with Crippen LogP contribution in [0.3, 0.4) is 0 Å².